The smallest absolute Gasteiger partial charge is 0.404 e. The summed E-state index contributed by atoms with van der Waals surface area (Å²) in [6, 6.07) is 12.5. The van der Waals surface area contributed by atoms with Gasteiger partial charge in [-0.2, -0.15) is 26.3 Å². The molecule has 4 nitrogen and oxygen atoms in total. The van der Waals surface area contributed by atoms with Crippen LogP contribution in [0.25, 0.3) is 0 Å². The lowest BCUT2D eigenvalue weighted by Crippen LogP contribution is -2.43. The Hall–Kier alpha value is -3.30. The summed E-state index contributed by atoms with van der Waals surface area (Å²) < 4.78 is 90.3. The highest BCUT2D eigenvalue weighted by atomic mass is 19.4. The van der Waals surface area contributed by atoms with Gasteiger partial charge in [0.2, 0.25) is 0 Å². The van der Waals surface area contributed by atoms with Crippen LogP contribution in [0.2, 0.25) is 0 Å². The van der Waals surface area contributed by atoms with Crippen molar-refractivity contribution in [1.82, 2.24) is 0 Å². The number of ether oxygens (including phenoxy) is 2. The first-order valence-electron chi connectivity index (χ1n) is 9.01. The summed E-state index contributed by atoms with van der Waals surface area (Å²) in [7, 11) is 0. The maximum Gasteiger partial charge on any atom is 0.404 e. The molecule has 166 valence electrons. The van der Waals surface area contributed by atoms with Crippen LogP contribution in [0.3, 0.4) is 0 Å². The van der Waals surface area contributed by atoms with Crippen molar-refractivity contribution in [2.75, 3.05) is 11.5 Å². The van der Waals surface area contributed by atoms with E-state index in [1.165, 1.54) is 24.3 Å². The van der Waals surface area contributed by atoms with Crippen LogP contribution in [-0.2, 0) is 0 Å². The predicted molar refractivity (Wildman–Crippen MR) is 103 cm³/mol. The molecule has 2 aromatic rings. The third kappa shape index (κ3) is 5.07. The zero-order chi connectivity index (χ0) is 22.9. The first-order valence-corrected chi connectivity index (χ1v) is 9.01. The molecule has 1 aliphatic carbocycles. The molecule has 0 aromatic heterocycles. The average molecular weight is 444 g/mol. The molecule has 3 rings (SSSR count). The van der Waals surface area contributed by atoms with E-state index in [1.54, 1.807) is 24.3 Å². The van der Waals surface area contributed by atoms with Crippen molar-refractivity contribution >= 4 is 11.4 Å². The lowest BCUT2D eigenvalue weighted by atomic mass is 9.90. The standard InChI is InChI=1S/C21H18F6N2O2/c22-20(23,24)18(21(25,26)27)13-9-11-19(12-10-13,30-16-7-3-1-5-14(16)28)31-17-8-4-2-6-15(17)29/h1-11,18H,12,28-29H2. The van der Waals surface area contributed by atoms with Crippen LogP contribution in [0.1, 0.15) is 6.42 Å². The molecule has 1 aliphatic rings. The van der Waals surface area contributed by atoms with E-state index >= 15 is 0 Å². The molecular weight excluding hydrogens is 426 g/mol. The number of halogens is 6. The van der Waals surface area contributed by atoms with E-state index < -0.39 is 36.1 Å². The largest absolute Gasteiger partial charge is 0.446 e. The van der Waals surface area contributed by atoms with Crippen molar-refractivity contribution in [2.45, 2.75) is 24.6 Å². The Morgan fingerprint density at radius 1 is 0.774 bits per heavy atom. The monoisotopic (exact) mass is 444 g/mol. The minimum atomic E-state index is -5.51. The van der Waals surface area contributed by atoms with Crippen molar-refractivity contribution in [3.63, 3.8) is 0 Å². The van der Waals surface area contributed by atoms with Crippen LogP contribution in [0.5, 0.6) is 11.5 Å². The molecule has 0 fully saturated rings. The van der Waals surface area contributed by atoms with E-state index in [1.807, 2.05) is 0 Å². The molecular formula is C21H18F6N2O2. The second kappa shape index (κ2) is 8.09. The highest BCUT2D eigenvalue weighted by Gasteiger charge is 2.58. The van der Waals surface area contributed by atoms with Gasteiger partial charge in [-0.3, -0.25) is 0 Å². The normalized spacial score (nSPS) is 16.2. The van der Waals surface area contributed by atoms with Crippen molar-refractivity contribution in [3.8, 4) is 11.5 Å². The zero-order valence-electron chi connectivity index (χ0n) is 15.9. The number of alkyl halides is 6. The van der Waals surface area contributed by atoms with Crippen LogP contribution >= 0.6 is 0 Å². The molecule has 0 aliphatic heterocycles. The van der Waals surface area contributed by atoms with E-state index in [4.69, 9.17) is 20.9 Å². The second-order valence-corrected chi connectivity index (χ2v) is 6.85. The van der Waals surface area contributed by atoms with Gasteiger partial charge in [0, 0.05) is 12.5 Å². The van der Waals surface area contributed by atoms with Gasteiger partial charge >= 0.3 is 12.4 Å². The summed E-state index contributed by atoms with van der Waals surface area (Å²) in [5.41, 5.74) is 11.2. The number of para-hydroxylation sites is 4. The number of hydrogen-bond donors (Lipinski definition) is 2. The van der Waals surface area contributed by atoms with E-state index in [0.717, 1.165) is 12.2 Å². The number of rotatable bonds is 5. The van der Waals surface area contributed by atoms with Crippen molar-refractivity contribution in [1.29, 1.82) is 0 Å². The number of benzene rings is 2. The molecule has 0 bridgehead atoms. The zero-order valence-corrected chi connectivity index (χ0v) is 15.9. The molecule has 0 radical (unpaired) electrons. The van der Waals surface area contributed by atoms with Crippen molar-refractivity contribution in [3.05, 3.63) is 72.3 Å². The number of hydrogen-bond acceptors (Lipinski definition) is 4. The lowest BCUT2D eigenvalue weighted by Gasteiger charge is -2.35. The summed E-state index contributed by atoms with van der Waals surface area (Å²) in [6.45, 7) is 0. The molecule has 0 spiro atoms. The van der Waals surface area contributed by atoms with E-state index in [9.17, 15) is 26.3 Å². The Morgan fingerprint density at radius 2 is 1.23 bits per heavy atom. The highest BCUT2D eigenvalue weighted by molar-refractivity contribution is 5.54. The minimum absolute atomic E-state index is 0.140. The van der Waals surface area contributed by atoms with E-state index in [0.29, 0.717) is 6.08 Å². The Balaban J connectivity index is 1.98. The van der Waals surface area contributed by atoms with Gasteiger partial charge in [0.1, 0.15) is 11.5 Å². The van der Waals surface area contributed by atoms with Crippen LogP contribution in [0, 0.1) is 5.92 Å². The van der Waals surface area contributed by atoms with Gasteiger partial charge in [-0.05, 0) is 29.8 Å². The summed E-state index contributed by atoms with van der Waals surface area (Å²) in [6.07, 6.45) is -8.97. The summed E-state index contributed by atoms with van der Waals surface area (Å²) in [4.78, 5) is 0. The maximum absolute atomic E-state index is 13.1. The van der Waals surface area contributed by atoms with E-state index in [-0.39, 0.29) is 22.9 Å². The van der Waals surface area contributed by atoms with Gasteiger partial charge in [-0.25, -0.2) is 0 Å². The summed E-state index contributed by atoms with van der Waals surface area (Å²) in [5.74, 6) is -5.11. The second-order valence-electron chi connectivity index (χ2n) is 6.85. The summed E-state index contributed by atoms with van der Waals surface area (Å²) in [5, 5.41) is 0. The van der Waals surface area contributed by atoms with Gasteiger partial charge in [0.05, 0.1) is 11.4 Å². The fraction of sp³-hybridized carbons (Fsp3) is 0.238. The van der Waals surface area contributed by atoms with Gasteiger partial charge < -0.3 is 20.9 Å². The average Bonchev–Trinajstić information content (AvgIpc) is 2.65. The van der Waals surface area contributed by atoms with Crippen molar-refractivity contribution in [2.24, 2.45) is 5.92 Å². The predicted octanol–water partition coefficient (Wildman–Crippen LogP) is 5.63. The molecule has 0 heterocycles. The lowest BCUT2D eigenvalue weighted by molar-refractivity contribution is -0.270. The molecule has 10 heteroatoms. The molecule has 2 aromatic carbocycles. The van der Waals surface area contributed by atoms with Crippen LogP contribution < -0.4 is 20.9 Å². The van der Waals surface area contributed by atoms with E-state index in [2.05, 4.69) is 0 Å². The number of nitrogen functional groups attached to an aromatic ring is 2. The Labute approximate surface area is 173 Å². The summed E-state index contributed by atoms with van der Waals surface area (Å²) >= 11 is 0. The molecule has 0 saturated carbocycles. The first kappa shape index (κ1) is 22.4. The van der Waals surface area contributed by atoms with Gasteiger partial charge in [0.25, 0.3) is 5.79 Å². The molecule has 0 saturated heterocycles. The fourth-order valence-corrected chi connectivity index (χ4v) is 3.09. The molecule has 31 heavy (non-hydrogen) atoms. The Morgan fingerprint density at radius 3 is 1.58 bits per heavy atom. The van der Waals surface area contributed by atoms with Gasteiger partial charge in [-0.15, -0.1) is 0 Å². The molecule has 0 unspecified atom stereocenters. The van der Waals surface area contributed by atoms with Crippen LogP contribution in [0.4, 0.5) is 37.7 Å². The minimum Gasteiger partial charge on any atom is -0.446 e. The molecule has 0 atom stereocenters. The Kier molecular flexibility index (Phi) is 5.84. The van der Waals surface area contributed by atoms with Crippen LogP contribution in [0.15, 0.2) is 72.3 Å². The molecule has 4 N–H and O–H groups in total. The third-order valence-electron chi connectivity index (χ3n) is 4.54. The topological polar surface area (TPSA) is 70.5 Å². The SMILES string of the molecule is Nc1ccccc1OC1(Oc2ccccc2N)C=CC(C(C(F)(F)F)C(F)(F)F)=CC1. The van der Waals surface area contributed by atoms with Gasteiger partial charge in [0.15, 0.2) is 5.92 Å². The fourth-order valence-electron chi connectivity index (χ4n) is 3.09. The quantitative estimate of drug-likeness (QED) is 0.356. The Bertz CT molecular complexity index is 936. The highest BCUT2D eigenvalue weighted by Crippen LogP contribution is 2.46. The molecule has 0 amide bonds. The number of nitrogens with two attached hydrogens (primary N) is 2. The number of anilines is 2. The van der Waals surface area contributed by atoms with Crippen LogP contribution in [-0.4, -0.2) is 18.1 Å². The number of allylic oxidation sites excluding steroid dienone is 2. The van der Waals surface area contributed by atoms with Crippen molar-refractivity contribution < 1.29 is 35.8 Å². The third-order valence-corrected chi connectivity index (χ3v) is 4.54. The maximum atomic E-state index is 13.1. The first-order chi connectivity index (χ1) is 14.4. The van der Waals surface area contributed by atoms with Gasteiger partial charge in [-0.1, -0.05) is 36.4 Å².